The molecule has 3 nitrogen and oxygen atoms in total. The molecule has 3 heterocycles. The van der Waals surface area contributed by atoms with Gasteiger partial charge in [-0.25, -0.2) is 4.98 Å². The van der Waals surface area contributed by atoms with Crippen molar-refractivity contribution >= 4 is 17.6 Å². The summed E-state index contributed by atoms with van der Waals surface area (Å²) in [5.41, 5.74) is 0. The van der Waals surface area contributed by atoms with E-state index in [0.29, 0.717) is 6.04 Å². The van der Waals surface area contributed by atoms with Gasteiger partial charge in [0.2, 0.25) is 0 Å². The van der Waals surface area contributed by atoms with Crippen LogP contribution >= 0.6 is 11.8 Å². The first-order chi connectivity index (χ1) is 9.42. The molecule has 2 fully saturated rings. The number of piperidine rings is 1. The van der Waals surface area contributed by atoms with Gasteiger partial charge in [0.05, 0.1) is 0 Å². The van der Waals surface area contributed by atoms with E-state index in [-0.39, 0.29) is 0 Å². The highest BCUT2D eigenvalue weighted by molar-refractivity contribution is 8.00. The van der Waals surface area contributed by atoms with Crippen LogP contribution in [0.5, 0.6) is 0 Å². The maximum absolute atomic E-state index is 4.44. The number of nitrogens with zero attached hydrogens (tertiary/aromatic N) is 2. The molecule has 0 amide bonds. The van der Waals surface area contributed by atoms with Crippen molar-refractivity contribution < 1.29 is 0 Å². The smallest absolute Gasteiger partial charge is 0.128 e. The molecule has 1 unspecified atom stereocenters. The molecule has 3 rings (SSSR count). The molecular weight excluding hydrogens is 254 g/mol. The Kier molecular flexibility index (Phi) is 4.62. The van der Waals surface area contributed by atoms with E-state index in [1.807, 2.05) is 12.3 Å². The number of nitrogens with one attached hydrogen (secondary N) is 1. The molecule has 0 radical (unpaired) electrons. The number of aromatic nitrogens is 1. The van der Waals surface area contributed by atoms with Gasteiger partial charge in [-0.15, -0.1) is 0 Å². The highest BCUT2D eigenvalue weighted by Gasteiger charge is 2.21. The summed E-state index contributed by atoms with van der Waals surface area (Å²) in [6.45, 7) is 3.47. The summed E-state index contributed by atoms with van der Waals surface area (Å²) in [6, 6.07) is 6.88. The van der Waals surface area contributed by atoms with Crippen molar-refractivity contribution in [1.29, 1.82) is 0 Å². The Balaban J connectivity index is 1.42. The summed E-state index contributed by atoms with van der Waals surface area (Å²) < 4.78 is 0. The molecule has 1 N–H and O–H groups in total. The first kappa shape index (κ1) is 13.3. The zero-order valence-corrected chi connectivity index (χ0v) is 12.2. The quantitative estimate of drug-likeness (QED) is 0.915. The lowest BCUT2D eigenvalue weighted by atomic mass is 10.0. The minimum atomic E-state index is 0.709. The molecule has 1 aromatic heterocycles. The summed E-state index contributed by atoms with van der Waals surface area (Å²) in [6.07, 6.45) is 7.19. The van der Waals surface area contributed by atoms with Crippen LogP contribution in [0.4, 0.5) is 5.82 Å². The lowest BCUT2D eigenvalue weighted by Gasteiger charge is -2.33. The zero-order valence-electron chi connectivity index (χ0n) is 11.4. The molecule has 0 bridgehead atoms. The molecule has 2 aliphatic rings. The molecular formula is C15H23N3S. The third-order valence-electron chi connectivity index (χ3n) is 4.13. The summed E-state index contributed by atoms with van der Waals surface area (Å²) in [5.74, 6) is 2.50. The zero-order chi connectivity index (χ0) is 12.9. The topological polar surface area (TPSA) is 28.2 Å². The van der Waals surface area contributed by atoms with E-state index in [0.717, 1.165) is 24.2 Å². The van der Waals surface area contributed by atoms with Crippen molar-refractivity contribution in [3.05, 3.63) is 24.4 Å². The number of rotatable bonds is 4. The van der Waals surface area contributed by atoms with Crippen molar-refractivity contribution in [2.24, 2.45) is 0 Å². The van der Waals surface area contributed by atoms with Crippen LogP contribution in [-0.4, -0.2) is 41.7 Å². The highest BCUT2D eigenvalue weighted by Crippen LogP contribution is 2.26. The van der Waals surface area contributed by atoms with Gasteiger partial charge in [0, 0.05) is 37.1 Å². The van der Waals surface area contributed by atoms with Gasteiger partial charge in [0.1, 0.15) is 5.82 Å². The van der Waals surface area contributed by atoms with Gasteiger partial charge >= 0.3 is 0 Å². The summed E-state index contributed by atoms with van der Waals surface area (Å²) >= 11 is 2.15. The van der Waals surface area contributed by atoms with Crippen LogP contribution in [0.2, 0.25) is 0 Å². The minimum Gasteiger partial charge on any atom is -0.357 e. The number of anilines is 1. The predicted octanol–water partition coefficient (Wildman–Crippen LogP) is 2.54. The molecule has 0 aliphatic carbocycles. The summed E-state index contributed by atoms with van der Waals surface area (Å²) in [7, 11) is 0. The van der Waals surface area contributed by atoms with Gasteiger partial charge in [-0.2, -0.15) is 11.8 Å². The Hall–Kier alpha value is -0.740. The maximum Gasteiger partial charge on any atom is 0.128 e. The molecule has 4 heteroatoms. The van der Waals surface area contributed by atoms with Crippen molar-refractivity contribution in [2.75, 3.05) is 30.3 Å². The fourth-order valence-electron chi connectivity index (χ4n) is 2.96. The van der Waals surface area contributed by atoms with Gasteiger partial charge in [-0.3, -0.25) is 0 Å². The van der Waals surface area contributed by atoms with Crippen molar-refractivity contribution in [3.63, 3.8) is 0 Å². The van der Waals surface area contributed by atoms with Gasteiger partial charge in [-0.05, 0) is 43.6 Å². The van der Waals surface area contributed by atoms with Crippen LogP contribution in [0.1, 0.15) is 25.7 Å². The summed E-state index contributed by atoms with van der Waals surface area (Å²) in [5, 5.41) is 4.64. The normalized spacial score (nSPS) is 24.8. The van der Waals surface area contributed by atoms with Crippen molar-refractivity contribution in [1.82, 2.24) is 10.3 Å². The Labute approximate surface area is 120 Å². The second kappa shape index (κ2) is 6.62. The van der Waals surface area contributed by atoms with E-state index in [2.05, 4.69) is 39.1 Å². The molecule has 2 aliphatic heterocycles. The molecule has 104 valence electrons. The van der Waals surface area contributed by atoms with Crippen LogP contribution in [0.15, 0.2) is 24.4 Å². The Morgan fingerprint density at radius 2 is 2.16 bits per heavy atom. The predicted molar refractivity (Wildman–Crippen MR) is 83.0 cm³/mol. The first-order valence-corrected chi connectivity index (χ1v) is 8.47. The van der Waals surface area contributed by atoms with Gasteiger partial charge in [-0.1, -0.05) is 6.07 Å². The van der Waals surface area contributed by atoms with E-state index < -0.39 is 0 Å². The van der Waals surface area contributed by atoms with E-state index in [1.165, 1.54) is 38.0 Å². The molecule has 0 aromatic carbocycles. The molecule has 0 spiro atoms. The monoisotopic (exact) mass is 277 g/mol. The van der Waals surface area contributed by atoms with Crippen LogP contribution in [0, 0.1) is 0 Å². The van der Waals surface area contributed by atoms with E-state index in [1.54, 1.807) is 0 Å². The molecule has 1 aromatic rings. The molecule has 0 saturated carbocycles. The number of hydrogen-bond acceptors (Lipinski definition) is 4. The second-order valence-corrected chi connectivity index (χ2v) is 6.90. The average Bonchev–Trinajstić information content (AvgIpc) is 3.00. The van der Waals surface area contributed by atoms with Crippen LogP contribution in [0.3, 0.4) is 0 Å². The molecule has 2 saturated heterocycles. The first-order valence-electron chi connectivity index (χ1n) is 7.43. The summed E-state index contributed by atoms with van der Waals surface area (Å²) in [4.78, 5) is 6.84. The second-order valence-electron chi connectivity index (χ2n) is 5.49. The van der Waals surface area contributed by atoms with Crippen molar-refractivity contribution in [2.45, 2.75) is 37.0 Å². The Morgan fingerprint density at radius 3 is 2.84 bits per heavy atom. The highest BCUT2D eigenvalue weighted by atomic mass is 32.2. The average molecular weight is 277 g/mol. The minimum absolute atomic E-state index is 0.709. The van der Waals surface area contributed by atoms with Gasteiger partial charge in [0.15, 0.2) is 0 Å². The number of pyridine rings is 1. The van der Waals surface area contributed by atoms with E-state index in [4.69, 9.17) is 0 Å². The van der Waals surface area contributed by atoms with E-state index >= 15 is 0 Å². The number of thioether (sulfide) groups is 1. The van der Waals surface area contributed by atoms with Crippen LogP contribution in [0.25, 0.3) is 0 Å². The molecule has 1 atom stereocenters. The van der Waals surface area contributed by atoms with Crippen molar-refractivity contribution in [3.8, 4) is 0 Å². The SMILES string of the molecule is c1ccc(N2CCC(NCC3CCCS3)CC2)nc1. The third-order valence-corrected chi connectivity index (χ3v) is 5.52. The van der Waals surface area contributed by atoms with Crippen LogP contribution < -0.4 is 10.2 Å². The van der Waals surface area contributed by atoms with Crippen LogP contribution in [-0.2, 0) is 0 Å². The fourth-order valence-corrected chi connectivity index (χ4v) is 4.17. The lowest BCUT2D eigenvalue weighted by molar-refractivity contribution is 0.413. The maximum atomic E-state index is 4.44. The fraction of sp³-hybridized carbons (Fsp3) is 0.667. The van der Waals surface area contributed by atoms with Gasteiger partial charge in [0.25, 0.3) is 0 Å². The third kappa shape index (κ3) is 3.63. The Morgan fingerprint density at radius 1 is 1.26 bits per heavy atom. The standard InChI is InChI=1S/C15H23N3S/c1-2-8-16-15(5-1)18-9-6-13(7-10-18)17-12-14-4-3-11-19-14/h1-2,5,8,13-14,17H,3-4,6-7,9-12H2. The largest absolute Gasteiger partial charge is 0.357 e. The van der Waals surface area contributed by atoms with Gasteiger partial charge < -0.3 is 10.2 Å². The number of hydrogen-bond donors (Lipinski definition) is 1. The van der Waals surface area contributed by atoms with E-state index in [9.17, 15) is 0 Å². The lowest BCUT2D eigenvalue weighted by Crippen LogP contribution is -2.44. The Bertz CT molecular complexity index is 370. The molecule has 19 heavy (non-hydrogen) atoms.